The van der Waals surface area contributed by atoms with Crippen LogP contribution in [-0.4, -0.2) is 50.9 Å². The van der Waals surface area contributed by atoms with Crippen LogP contribution in [0.4, 0.5) is 13.2 Å². The Morgan fingerprint density at radius 1 is 1.29 bits per heavy atom. The highest BCUT2D eigenvalue weighted by molar-refractivity contribution is 5.93. The number of carboxylic acids is 1. The van der Waals surface area contributed by atoms with Gasteiger partial charge < -0.3 is 10.0 Å². The molecule has 0 radical (unpaired) electrons. The largest absolute Gasteiger partial charge is 0.481 e. The number of nitrogens with zero attached hydrogens (tertiary/aromatic N) is 3. The van der Waals surface area contributed by atoms with Crippen LogP contribution in [0.5, 0.6) is 0 Å². The molecule has 1 aromatic heterocycles. The fourth-order valence-electron chi connectivity index (χ4n) is 3.50. The van der Waals surface area contributed by atoms with Crippen molar-refractivity contribution in [2.45, 2.75) is 44.3 Å². The summed E-state index contributed by atoms with van der Waals surface area (Å²) in [5.41, 5.74) is -2.83. The molecule has 1 amide bonds. The van der Waals surface area contributed by atoms with Gasteiger partial charge in [0.25, 0.3) is 5.91 Å². The van der Waals surface area contributed by atoms with Crippen molar-refractivity contribution in [1.82, 2.24) is 14.7 Å². The predicted molar refractivity (Wildman–Crippen MR) is 76.4 cm³/mol. The van der Waals surface area contributed by atoms with Crippen LogP contribution in [0.15, 0.2) is 12.3 Å². The minimum atomic E-state index is -4.91. The summed E-state index contributed by atoms with van der Waals surface area (Å²) in [7, 11) is 0. The molecule has 0 spiro atoms. The summed E-state index contributed by atoms with van der Waals surface area (Å²) in [6.07, 6.45) is 0.231. The normalized spacial score (nSPS) is 25.4. The van der Waals surface area contributed by atoms with Crippen LogP contribution in [0.25, 0.3) is 0 Å². The van der Waals surface area contributed by atoms with Gasteiger partial charge in [0.2, 0.25) is 0 Å². The number of carbonyl (C=O) groups excluding carboxylic acids is 1. The van der Waals surface area contributed by atoms with Crippen molar-refractivity contribution < 1.29 is 27.9 Å². The third-order valence-electron chi connectivity index (χ3n) is 5.03. The van der Waals surface area contributed by atoms with Crippen LogP contribution in [0.1, 0.15) is 48.6 Å². The summed E-state index contributed by atoms with van der Waals surface area (Å²) >= 11 is 0. The number of amides is 1. The number of hydrogen-bond donors (Lipinski definition) is 1. The van der Waals surface area contributed by atoms with Gasteiger partial charge in [0, 0.05) is 19.3 Å². The van der Waals surface area contributed by atoms with E-state index in [-0.39, 0.29) is 18.3 Å². The summed E-state index contributed by atoms with van der Waals surface area (Å²) in [5, 5.41) is 13.2. The highest BCUT2D eigenvalue weighted by atomic mass is 19.4. The molecular weight excluding hydrogens is 327 g/mol. The second kappa shape index (κ2) is 5.78. The van der Waals surface area contributed by atoms with Crippen molar-refractivity contribution in [3.63, 3.8) is 0 Å². The lowest BCUT2D eigenvalue weighted by Gasteiger charge is -2.27. The fraction of sp³-hybridized carbons (Fsp3) is 0.667. The van der Waals surface area contributed by atoms with Gasteiger partial charge in [-0.05, 0) is 25.3 Å². The first-order chi connectivity index (χ1) is 11.2. The molecule has 0 bridgehead atoms. The Morgan fingerprint density at radius 3 is 2.50 bits per heavy atom. The molecule has 1 saturated heterocycles. The summed E-state index contributed by atoms with van der Waals surface area (Å²) < 4.78 is 41.2. The number of aliphatic carboxylic acids is 1. The van der Waals surface area contributed by atoms with E-state index in [2.05, 4.69) is 5.10 Å². The van der Waals surface area contributed by atoms with E-state index in [9.17, 15) is 22.8 Å². The molecule has 1 atom stereocenters. The van der Waals surface area contributed by atoms with Gasteiger partial charge >= 0.3 is 12.1 Å². The maximum absolute atomic E-state index is 13.2. The van der Waals surface area contributed by atoms with Gasteiger partial charge in [-0.2, -0.15) is 18.3 Å². The summed E-state index contributed by atoms with van der Waals surface area (Å²) in [4.78, 5) is 24.5. The van der Waals surface area contributed by atoms with Crippen LogP contribution in [0.2, 0.25) is 0 Å². The molecule has 3 rings (SSSR count). The van der Waals surface area contributed by atoms with Crippen molar-refractivity contribution >= 4 is 11.9 Å². The number of rotatable bonds is 3. The first kappa shape index (κ1) is 16.8. The molecule has 9 heteroatoms. The highest BCUT2D eigenvalue weighted by Crippen LogP contribution is 2.46. The number of likely N-dealkylation sites (tertiary alicyclic amines) is 1. The Balaban J connectivity index is 1.76. The molecular formula is C15H18F3N3O3. The van der Waals surface area contributed by atoms with Crippen LogP contribution >= 0.6 is 0 Å². The molecule has 2 aliphatic rings. The van der Waals surface area contributed by atoms with E-state index in [4.69, 9.17) is 5.11 Å². The minimum absolute atomic E-state index is 0.0604. The zero-order valence-corrected chi connectivity index (χ0v) is 12.9. The van der Waals surface area contributed by atoms with Crippen molar-refractivity contribution in [3.05, 3.63) is 18.0 Å². The zero-order chi connectivity index (χ0) is 17.5. The summed E-state index contributed by atoms with van der Waals surface area (Å²) in [6, 6.07) is 1.70. The van der Waals surface area contributed by atoms with Crippen LogP contribution in [-0.2, 0) is 4.79 Å². The lowest BCUT2D eigenvalue weighted by Crippen LogP contribution is -2.47. The van der Waals surface area contributed by atoms with Crippen LogP contribution < -0.4 is 0 Å². The van der Waals surface area contributed by atoms with Gasteiger partial charge in [0.05, 0.1) is 6.04 Å². The predicted octanol–water partition coefficient (Wildman–Crippen LogP) is 2.48. The van der Waals surface area contributed by atoms with Crippen molar-refractivity contribution in [2.24, 2.45) is 5.41 Å². The highest BCUT2D eigenvalue weighted by Gasteiger charge is 2.64. The molecule has 6 nitrogen and oxygen atoms in total. The SMILES string of the molecule is O=C(c1ccn(C2CCCC2)n1)N1CCC(C(=O)O)(C(F)(F)F)C1. The second-order valence-corrected chi connectivity index (χ2v) is 6.48. The van der Waals surface area contributed by atoms with Gasteiger partial charge in [0.15, 0.2) is 5.41 Å². The van der Waals surface area contributed by atoms with Crippen LogP contribution in [0, 0.1) is 5.41 Å². The quantitative estimate of drug-likeness (QED) is 0.913. The average molecular weight is 345 g/mol. The minimum Gasteiger partial charge on any atom is -0.481 e. The Labute approximate surface area is 136 Å². The van der Waals surface area contributed by atoms with Gasteiger partial charge in [-0.1, -0.05) is 12.8 Å². The molecule has 2 heterocycles. The van der Waals surface area contributed by atoms with Crippen molar-refractivity contribution in [2.75, 3.05) is 13.1 Å². The lowest BCUT2D eigenvalue weighted by molar-refractivity contribution is -0.227. The third-order valence-corrected chi connectivity index (χ3v) is 5.03. The van der Waals surface area contributed by atoms with Crippen LogP contribution in [0.3, 0.4) is 0 Å². The Morgan fingerprint density at radius 2 is 1.96 bits per heavy atom. The molecule has 1 saturated carbocycles. The number of alkyl halides is 3. The monoisotopic (exact) mass is 345 g/mol. The average Bonchev–Trinajstić information content (AvgIpc) is 3.24. The third kappa shape index (κ3) is 2.65. The molecule has 2 fully saturated rings. The molecule has 0 aromatic carbocycles. The first-order valence-corrected chi connectivity index (χ1v) is 7.89. The van der Waals surface area contributed by atoms with Gasteiger partial charge in [-0.15, -0.1) is 0 Å². The maximum Gasteiger partial charge on any atom is 0.406 e. The van der Waals surface area contributed by atoms with E-state index in [1.54, 1.807) is 10.9 Å². The Bertz CT molecular complexity index is 652. The van der Waals surface area contributed by atoms with Crippen molar-refractivity contribution in [1.29, 1.82) is 0 Å². The summed E-state index contributed by atoms with van der Waals surface area (Å²) in [6.45, 7) is -1.12. The lowest BCUT2D eigenvalue weighted by atomic mass is 9.86. The smallest absolute Gasteiger partial charge is 0.406 e. The van der Waals surface area contributed by atoms with E-state index < -0.39 is 36.4 Å². The number of hydrogen-bond acceptors (Lipinski definition) is 3. The zero-order valence-electron chi connectivity index (χ0n) is 12.9. The molecule has 1 aliphatic carbocycles. The molecule has 1 unspecified atom stereocenters. The fourth-order valence-corrected chi connectivity index (χ4v) is 3.50. The number of aromatic nitrogens is 2. The molecule has 1 aromatic rings. The Kier molecular flexibility index (Phi) is 4.05. The van der Waals surface area contributed by atoms with E-state index >= 15 is 0 Å². The standard InChI is InChI=1S/C15H18F3N3O3/c16-15(17,18)14(13(23)24)6-8-20(9-14)12(22)11-5-7-21(19-11)10-3-1-2-4-10/h5,7,10H,1-4,6,8-9H2,(H,23,24). The molecule has 24 heavy (non-hydrogen) atoms. The molecule has 132 valence electrons. The molecule has 1 aliphatic heterocycles. The number of carbonyl (C=O) groups is 2. The topological polar surface area (TPSA) is 75.4 Å². The summed E-state index contributed by atoms with van der Waals surface area (Å²) in [5.74, 6) is -2.60. The van der Waals surface area contributed by atoms with Gasteiger partial charge in [0.1, 0.15) is 5.69 Å². The van der Waals surface area contributed by atoms with Crippen molar-refractivity contribution in [3.8, 4) is 0 Å². The van der Waals surface area contributed by atoms with E-state index in [1.165, 1.54) is 6.07 Å². The number of halogens is 3. The Hall–Kier alpha value is -2.06. The van der Waals surface area contributed by atoms with E-state index in [0.29, 0.717) is 0 Å². The molecule has 1 N–H and O–H groups in total. The number of carboxylic acid groups (broad SMARTS) is 1. The van der Waals surface area contributed by atoms with Gasteiger partial charge in [-0.25, -0.2) is 0 Å². The second-order valence-electron chi connectivity index (χ2n) is 6.48. The van der Waals surface area contributed by atoms with E-state index in [1.807, 2.05) is 0 Å². The first-order valence-electron chi connectivity index (χ1n) is 7.89. The maximum atomic E-state index is 13.2. The van der Waals surface area contributed by atoms with E-state index in [0.717, 1.165) is 30.6 Å². The van der Waals surface area contributed by atoms with Gasteiger partial charge in [-0.3, -0.25) is 14.3 Å².